The van der Waals surface area contributed by atoms with Crippen molar-refractivity contribution in [3.05, 3.63) is 0 Å². The Morgan fingerprint density at radius 2 is 1.87 bits per heavy atom. The maximum atomic E-state index is 2.84. The van der Waals surface area contributed by atoms with Crippen LogP contribution in [0.1, 0.15) is 46.0 Å². The third kappa shape index (κ3) is 0.945. The van der Waals surface area contributed by atoms with Crippen LogP contribution in [-0.2, 0) is 0 Å². The van der Waals surface area contributed by atoms with E-state index in [0.29, 0.717) is 0 Å². The summed E-state index contributed by atoms with van der Waals surface area (Å²) in [5.41, 5.74) is 0.874. The minimum Gasteiger partial charge on any atom is -0.298 e. The van der Waals surface area contributed by atoms with E-state index in [1.807, 2.05) is 0 Å². The molecule has 1 aliphatic heterocycles. The molecule has 3 saturated carbocycles. The second-order valence-electron chi connectivity index (χ2n) is 7.05. The molecule has 4 aliphatic rings. The SMILES string of the molecule is CC(C)N1CC2CC3CC4CC1CC34C2. The van der Waals surface area contributed by atoms with Gasteiger partial charge in [0.05, 0.1) is 0 Å². The minimum absolute atomic E-state index is 0.779. The Bertz CT molecular complexity index is 298. The van der Waals surface area contributed by atoms with E-state index < -0.39 is 0 Å². The van der Waals surface area contributed by atoms with Crippen LogP contribution in [0.15, 0.2) is 0 Å². The summed E-state index contributed by atoms with van der Waals surface area (Å²) in [6.07, 6.45) is 7.88. The zero-order valence-electron chi connectivity index (χ0n) is 10.1. The average molecular weight is 205 g/mol. The van der Waals surface area contributed by atoms with Crippen LogP contribution < -0.4 is 0 Å². The molecule has 1 saturated heterocycles. The minimum atomic E-state index is 0.779. The fourth-order valence-corrected chi connectivity index (χ4v) is 5.74. The van der Waals surface area contributed by atoms with Gasteiger partial charge >= 0.3 is 0 Å². The van der Waals surface area contributed by atoms with Crippen LogP contribution in [0.3, 0.4) is 0 Å². The normalized spacial score (nSPS) is 57.0. The second-order valence-corrected chi connectivity index (χ2v) is 7.05. The first-order chi connectivity index (χ1) is 7.19. The Labute approximate surface area is 93.2 Å². The van der Waals surface area contributed by atoms with E-state index in [1.165, 1.54) is 6.54 Å². The van der Waals surface area contributed by atoms with Gasteiger partial charge in [0.15, 0.2) is 0 Å². The molecule has 15 heavy (non-hydrogen) atoms. The molecule has 4 fully saturated rings. The van der Waals surface area contributed by atoms with Crippen molar-refractivity contribution < 1.29 is 0 Å². The van der Waals surface area contributed by atoms with Crippen molar-refractivity contribution in [2.75, 3.05) is 6.54 Å². The Balaban J connectivity index is 1.71. The predicted octanol–water partition coefficient (Wildman–Crippen LogP) is 2.91. The molecule has 3 bridgehead atoms. The summed E-state index contributed by atoms with van der Waals surface area (Å²) in [4.78, 5) is 2.84. The van der Waals surface area contributed by atoms with Gasteiger partial charge < -0.3 is 0 Å². The van der Waals surface area contributed by atoms with E-state index in [1.54, 1.807) is 32.1 Å². The summed E-state index contributed by atoms with van der Waals surface area (Å²) in [5.74, 6) is 3.36. The number of nitrogens with zero attached hydrogens (tertiary/aromatic N) is 1. The maximum absolute atomic E-state index is 2.84. The van der Waals surface area contributed by atoms with Crippen LogP contribution >= 0.6 is 0 Å². The molecule has 1 spiro atoms. The van der Waals surface area contributed by atoms with Crippen molar-refractivity contribution >= 4 is 0 Å². The van der Waals surface area contributed by atoms with E-state index in [0.717, 1.165) is 35.3 Å². The summed E-state index contributed by atoms with van der Waals surface area (Å²) in [6.45, 7) is 6.22. The molecule has 84 valence electrons. The number of rotatable bonds is 1. The van der Waals surface area contributed by atoms with Crippen molar-refractivity contribution in [3.63, 3.8) is 0 Å². The van der Waals surface area contributed by atoms with E-state index in [2.05, 4.69) is 18.7 Å². The van der Waals surface area contributed by atoms with Crippen molar-refractivity contribution in [1.82, 2.24) is 4.90 Å². The van der Waals surface area contributed by atoms with E-state index in [4.69, 9.17) is 0 Å². The lowest BCUT2D eigenvalue weighted by molar-refractivity contribution is 0.00285. The third-order valence-corrected chi connectivity index (χ3v) is 6.26. The van der Waals surface area contributed by atoms with Gasteiger partial charge in [0.25, 0.3) is 0 Å². The van der Waals surface area contributed by atoms with Crippen LogP contribution in [0.5, 0.6) is 0 Å². The molecular formula is C14H23N. The van der Waals surface area contributed by atoms with Gasteiger partial charge in [-0.2, -0.15) is 0 Å². The maximum Gasteiger partial charge on any atom is 0.0106 e. The van der Waals surface area contributed by atoms with Crippen molar-refractivity contribution in [3.8, 4) is 0 Å². The zero-order valence-corrected chi connectivity index (χ0v) is 10.1. The van der Waals surface area contributed by atoms with Gasteiger partial charge in [0.2, 0.25) is 0 Å². The van der Waals surface area contributed by atoms with Gasteiger partial charge in [-0.25, -0.2) is 0 Å². The Morgan fingerprint density at radius 1 is 1.07 bits per heavy atom. The summed E-state index contributed by atoms with van der Waals surface area (Å²) in [5, 5.41) is 0. The van der Waals surface area contributed by atoms with Crippen LogP contribution in [0.25, 0.3) is 0 Å². The fourth-order valence-electron chi connectivity index (χ4n) is 5.74. The van der Waals surface area contributed by atoms with Crippen LogP contribution in [-0.4, -0.2) is 23.5 Å². The first kappa shape index (κ1) is 9.04. The first-order valence-electron chi connectivity index (χ1n) is 6.95. The van der Waals surface area contributed by atoms with Gasteiger partial charge in [-0.1, -0.05) is 0 Å². The molecule has 0 N–H and O–H groups in total. The monoisotopic (exact) mass is 205 g/mol. The van der Waals surface area contributed by atoms with Gasteiger partial charge in [-0.05, 0) is 69.1 Å². The smallest absolute Gasteiger partial charge is 0.0106 e. The largest absolute Gasteiger partial charge is 0.298 e. The van der Waals surface area contributed by atoms with Gasteiger partial charge in [-0.3, -0.25) is 4.90 Å². The lowest BCUT2D eigenvalue weighted by atomic mass is 9.56. The number of likely N-dealkylation sites (tertiary alicyclic amines) is 1. The molecule has 0 amide bonds. The quantitative estimate of drug-likeness (QED) is 0.636. The lowest BCUT2D eigenvalue weighted by Gasteiger charge is -2.48. The van der Waals surface area contributed by atoms with Crippen LogP contribution in [0.4, 0.5) is 0 Å². The van der Waals surface area contributed by atoms with E-state index in [-0.39, 0.29) is 0 Å². The van der Waals surface area contributed by atoms with Gasteiger partial charge in [0, 0.05) is 18.6 Å². The number of hydrogen-bond donors (Lipinski definition) is 0. The lowest BCUT2D eigenvalue weighted by Crippen LogP contribution is -2.42. The molecule has 0 aromatic heterocycles. The highest BCUT2D eigenvalue weighted by Gasteiger charge is 2.65. The number of fused-ring (bicyclic) bond motifs is 2. The molecule has 5 unspecified atom stereocenters. The molecular weight excluding hydrogens is 182 g/mol. The van der Waals surface area contributed by atoms with Gasteiger partial charge in [0.1, 0.15) is 0 Å². The Kier molecular flexibility index (Phi) is 1.57. The predicted molar refractivity (Wildman–Crippen MR) is 61.6 cm³/mol. The van der Waals surface area contributed by atoms with Crippen molar-refractivity contribution in [2.45, 2.75) is 58.0 Å². The molecule has 5 atom stereocenters. The standard InChI is InChI=1S/C14H23N/c1-9(2)15-8-10-3-11-4-12-5-13(15)7-14(11,12)6-10/h9-13H,3-8H2,1-2H3. The zero-order chi connectivity index (χ0) is 10.2. The topological polar surface area (TPSA) is 3.24 Å². The van der Waals surface area contributed by atoms with E-state index in [9.17, 15) is 0 Å². The molecule has 0 aromatic carbocycles. The molecule has 0 aromatic rings. The first-order valence-corrected chi connectivity index (χ1v) is 6.95. The van der Waals surface area contributed by atoms with Crippen molar-refractivity contribution in [1.29, 1.82) is 0 Å². The van der Waals surface area contributed by atoms with Crippen LogP contribution in [0, 0.1) is 23.2 Å². The third-order valence-electron chi connectivity index (χ3n) is 6.26. The average Bonchev–Trinajstić information content (AvgIpc) is 2.55. The Hall–Kier alpha value is -0.0400. The molecule has 1 heteroatoms. The molecule has 1 heterocycles. The highest BCUT2D eigenvalue weighted by molar-refractivity contribution is 5.16. The van der Waals surface area contributed by atoms with Crippen LogP contribution in [0.2, 0.25) is 0 Å². The van der Waals surface area contributed by atoms with Crippen molar-refractivity contribution in [2.24, 2.45) is 23.2 Å². The molecule has 1 nitrogen and oxygen atoms in total. The summed E-state index contributed by atoms with van der Waals surface area (Å²) >= 11 is 0. The fraction of sp³-hybridized carbons (Fsp3) is 1.00. The van der Waals surface area contributed by atoms with Gasteiger partial charge in [-0.15, -0.1) is 0 Å². The Morgan fingerprint density at radius 3 is 2.67 bits per heavy atom. The summed E-state index contributed by atoms with van der Waals surface area (Å²) in [7, 11) is 0. The molecule has 0 radical (unpaired) electrons. The summed E-state index contributed by atoms with van der Waals surface area (Å²) in [6, 6.07) is 1.74. The second kappa shape index (κ2) is 2.61. The van der Waals surface area contributed by atoms with E-state index >= 15 is 0 Å². The summed E-state index contributed by atoms with van der Waals surface area (Å²) < 4.78 is 0. The number of hydrogen-bond acceptors (Lipinski definition) is 1. The highest BCUT2D eigenvalue weighted by Crippen LogP contribution is 2.71. The molecule has 3 aliphatic carbocycles. The molecule has 4 rings (SSSR count). The highest BCUT2D eigenvalue weighted by atomic mass is 15.2.